The molecular formula is C23H22ClNO. The maximum absolute atomic E-state index is 10.4. The molecule has 26 heavy (non-hydrogen) atoms. The van der Waals surface area contributed by atoms with Crippen LogP contribution in [0.4, 0.5) is 5.69 Å². The van der Waals surface area contributed by atoms with Gasteiger partial charge in [-0.3, -0.25) is 0 Å². The van der Waals surface area contributed by atoms with Crippen LogP contribution in [0.25, 0.3) is 16.8 Å². The van der Waals surface area contributed by atoms with E-state index in [1.165, 1.54) is 17.0 Å². The van der Waals surface area contributed by atoms with Gasteiger partial charge < -0.3 is 17.5 Å². The van der Waals surface area contributed by atoms with Crippen molar-refractivity contribution >= 4 is 28.2 Å². The van der Waals surface area contributed by atoms with Crippen LogP contribution in [0.15, 0.2) is 66.7 Å². The molecule has 132 valence electrons. The molecule has 3 heteroatoms. The van der Waals surface area contributed by atoms with Gasteiger partial charge in [-0.25, -0.2) is 0 Å². The second-order valence-electron chi connectivity index (χ2n) is 7.14. The lowest BCUT2D eigenvalue weighted by Crippen LogP contribution is -3.00. The minimum Gasteiger partial charge on any atom is -1.00 e. The Bertz CT molecular complexity index is 1050. The van der Waals surface area contributed by atoms with Crippen molar-refractivity contribution < 1.29 is 22.1 Å². The third-order valence-electron chi connectivity index (χ3n) is 5.30. The highest BCUT2D eigenvalue weighted by molar-refractivity contribution is 6.06. The molecular weight excluding hydrogens is 342 g/mol. The number of hydrogen-bond acceptors (Lipinski definition) is 1. The summed E-state index contributed by atoms with van der Waals surface area (Å²) >= 11 is 0. The van der Waals surface area contributed by atoms with Crippen molar-refractivity contribution in [2.75, 3.05) is 7.05 Å². The number of hydrogen-bond donors (Lipinski definition) is 1. The molecule has 0 bridgehead atoms. The maximum Gasteiger partial charge on any atom is 0.209 e. The van der Waals surface area contributed by atoms with E-state index in [1.807, 2.05) is 24.3 Å². The number of fused-ring (bicyclic) bond motifs is 2. The summed E-state index contributed by atoms with van der Waals surface area (Å²) in [7, 11) is 2.11. The first-order chi connectivity index (χ1) is 12.0. The first-order valence-corrected chi connectivity index (χ1v) is 8.59. The van der Waals surface area contributed by atoms with E-state index in [2.05, 4.69) is 67.9 Å². The fourth-order valence-electron chi connectivity index (χ4n) is 3.92. The predicted molar refractivity (Wildman–Crippen MR) is 105 cm³/mol. The van der Waals surface area contributed by atoms with Crippen LogP contribution in [0.3, 0.4) is 0 Å². The van der Waals surface area contributed by atoms with E-state index in [0.717, 1.165) is 16.3 Å². The lowest BCUT2D eigenvalue weighted by Gasteiger charge is -2.15. The number of phenolic OH excluding ortho intramolecular Hbond substituents is 1. The highest BCUT2D eigenvalue weighted by Crippen LogP contribution is 2.39. The summed E-state index contributed by atoms with van der Waals surface area (Å²) in [6.07, 6.45) is 4.18. The Kier molecular flexibility index (Phi) is 4.64. The van der Waals surface area contributed by atoms with Crippen LogP contribution >= 0.6 is 0 Å². The van der Waals surface area contributed by atoms with E-state index in [4.69, 9.17) is 0 Å². The SMILES string of the molecule is C[N+]1=C(/C=C/c2c(O)ccc3ccccc23)C(C)(C)c2ccccc21.[Cl-]. The molecule has 1 aliphatic heterocycles. The van der Waals surface area contributed by atoms with Crippen molar-refractivity contribution in [3.05, 3.63) is 77.9 Å². The van der Waals surface area contributed by atoms with Gasteiger partial charge in [-0.1, -0.05) is 48.5 Å². The van der Waals surface area contributed by atoms with Gasteiger partial charge in [0.15, 0.2) is 5.71 Å². The zero-order valence-corrected chi connectivity index (χ0v) is 16.0. The summed E-state index contributed by atoms with van der Waals surface area (Å²) < 4.78 is 2.24. The standard InChI is InChI=1S/C23H21NO.ClH/c1-23(2)19-10-6-7-11-20(19)24(3)22(23)15-13-18-17-9-5-4-8-16(17)12-14-21(18)25;/h4-15H,1-3H3;1H. The lowest BCUT2D eigenvalue weighted by molar-refractivity contribution is -0.401. The van der Waals surface area contributed by atoms with Crippen molar-refractivity contribution in [3.8, 4) is 5.75 Å². The molecule has 4 rings (SSSR count). The molecule has 0 saturated carbocycles. The van der Waals surface area contributed by atoms with Crippen molar-refractivity contribution in [2.45, 2.75) is 19.3 Å². The molecule has 3 aromatic carbocycles. The zero-order chi connectivity index (χ0) is 17.6. The van der Waals surface area contributed by atoms with Crippen LogP contribution in [0.5, 0.6) is 5.75 Å². The second kappa shape index (κ2) is 6.62. The molecule has 0 amide bonds. The molecule has 1 aliphatic rings. The van der Waals surface area contributed by atoms with E-state index >= 15 is 0 Å². The highest BCUT2D eigenvalue weighted by Gasteiger charge is 2.42. The van der Waals surface area contributed by atoms with Gasteiger partial charge in [0.2, 0.25) is 5.69 Å². The Hall–Kier alpha value is -2.58. The van der Waals surface area contributed by atoms with Crippen LogP contribution in [0.1, 0.15) is 25.0 Å². The number of phenols is 1. The molecule has 0 aromatic heterocycles. The quantitative estimate of drug-likeness (QED) is 0.694. The molecule has 0 radical (unpaired) electrons. The second-order valence-corrected chi connectivity index (χ2v) is 7.14. The molecule has 0 aliphatic carbocycles. The van der Waals surface area contributed by atoms with Crippen LogP contribution in [0.2, 0.25) is 0 Å². The minimum absolute atomic E-state index is 0. The summed E-state index contributed by atoms with van der Waals surface area (Å²) in [4.78, 5) is 0. The summed E-state index contributed by atoms with van der Waals surface area (Å²) in [6.45, 7) is 4.50. The summed E-state index contributed by atoms with van der Waals surface area (Å²) in [5.41, 5.74) is 4.60. The van der Waals surface area contributed by atoms with Crippen LogP contribution in [-0.2, 0) is 5.41 Å². The fourth-order valence-corrected chi connectivity index (χ4v) is 3.92. The Morgan fingerprint density at radius 1 is 0.885 bits per heavy atom. The van der Waals surface area contributed by atoms with E-state index in [0.29, 0.717) is 5.75 Å². The Morgan fingerprint density at radius 2 is 1.58 bits per heavy atom. The van der Waals surface area contributed by atoms with Crippen molar-refractivity contribution in [3.63, 3.8) is 0 Å². The largest absolute Gasteiger partial charge is 1.00 e. The van der Waals surface area contributed by atoms with Crippen molar-refractivity contribution in [2.24, 2.45) is 0 Å². The number of para-hydroxylation sites is 1. The number of halogens is 1. The third-order valence-corrected chi connectivity index (χ3v) is 5.30. The lowest BCUT2D eigenvalue weighted by atomic mass is 9.81. The highest BCUT2D eigenvalue weighted by atomic mass is 35.5. The average molecular weight is 364 g/mol. The Balaban J connectivity index is 0.00000196. The molecule has 0 atom stereocenters. The van der Waals surface area contributed by atoms with Gasteiger partial charge in [0.1, 0.15) is 12.8 Å². The van der Waals surface area contributed by atoms with E-state index in [-0.39, 0.29) is 17.8 Å². The van der Waals surface area contributed by atoms with Gasteiger partial charge in [0.05, 0.1) is 5.41 Å². The number of allylic oxidation sites excluding steroid dienone is 1. The third kappa shape index (κ3) is 2.71. The van der Waals surface area contributed by atoms with Gasteiger partial charge in [0, 0.05) is 23.3 Å². The molecule has 3 aromatic rings. The monoisotopic (exact) mass is 363 g/mol. The smallest absolute Gasteiger partial charge is 0.209 e. The number of benzene rings is 3. The van der Waals surface area contributed by atoms with Crippen LogP contribution < -0.4 is 12.4 Å². The topological polar surface area (TPSA) is 23.2 Å². The summed E-state index contributed by atoms with van der Waals surface area (Å²) in [5, 5.41) is 12.6. The molecule has 1 heterocycles. The van der Waals surface area contributed by atoms with E-state index in [9.17, 15) is 5.11 Å². The van der Waals surface area contributed by atoms with Crippen LogP contribution in [-0.4, -0.2) is 22.4 Å². The first-order valence-electron chi connectivity index (χ1n) is 8.59. The molecule has 0 unspecified atom stereocenters. The number of nitrogens with zero attached hydrogens (tertiary/aromatic N) is 1. The summed E-state index contributed by atoms with van der Waals surface area (Å²) in [5.74, 6) is 0.312. The van der Waals surface area contributed by atoms with Crippen molar-refractivity contribution in [1.82, 2.24) is 0 Å². The minimum atomic E-state index is -0.0674. The number of aromatic hydroxyl groups is 1. The molecule has 1 N–H and O–H groups in total. The van der Waals surface area contributed by atoms with Gasteiger partial charge in [-0.05, 0) is 36.8 Å². The average Bonchev–Trinajstić information content (AvgIpc) is 2.81. The van der Waals surface area contributed by atoms with Gasteiger partial charge >= 0.3 is 0 Å². The normalized spacial score (nSPS) is 15.3. The summed E-state index contributed by atoms with van der Waals surface area (Å²) in [6, 6.07) is 20.4. The fraction of sp³-hybridized carbons (Fsp3) is 0.174. The molecule has 0 saturated heterocycles. The number of rotatable bonds is 2. The molecule has 2 nitrogen and oxygen atoms in total. The van der Waals surface area contributed by atoms with Crippen LogP contribution in [0, 0.1) is 0 Å². The van der Waals surface area contributed by atoms with Gasteiger partial charge in [-0.2, -0.15) is 4.58 Å². The van der Waals surface area contributed by atoms with E-state index in [1.54, 1.807) is 6.07 Å². The maximum atomic E-state index is 10.4. The van der Waals surface area contributed by atoms with Gasteiger partial charge in [0.25, 0.3) is 0 Å². The molecule has 0 spiro atoms. The first kappa shape index (κ1) is 18.2. The Morgan fingerprint density at radius 3 is 2.35 bits per heavy atom. The molecule has 0 fully saturated rings. The zero-order valence-electron chi connectivity index (χ0n) is 15.2. The predicted octanol–water partition coefficient (Wildman–Crippen LogP) is 2.27. The van der Waals surface area contributed by atoms with Gasteiger partial charge in [-0.15, -0.1) is 0 Å². The van der Waals surface area contributed by atoms with Crippen molar-refractivity contribution in [1.29, 1.82) is 0 Å². The van der Waals surface area contributed by atoms with E-state index < -0.39 is 0 Å². The Labute approximate surface area is 160 Å².